The van der Waals surface area contributed by atoms with E-state index in [1.165, 1.54) is 51.7 Å². The lowest BCUT2D eigenvalue weighted by Gasteiger charge is -2.44. The standard InChI is InChI=1S/C15H31N3/c1-12-4-5-14(16)15(10-12)18-8-6-13(7-9-18)11-17(2)3/h12-15H,4-11,16H2,1-3H3. The Hall–Kier alpha value is -0.120. The SMILES string of the molecule is CC1CCC(N)C(N2CCC(CN(C)C)CC2)C1. The summed E-state index contributed by atoms with van der Waals surface area (Å²) in [4.78, 5) is 5.02. The summed E-state index contributed by atoms with van der Waals surface area (Å²) < 4.78 is 0. The first kappa shape index (κ1) is 14.3. The largest absolute Gasteiger partial charge is 0.326 e. The van der Waals surface area contributed by atoms with Crippen LogP contribution in [0, 0.1) is 11.8 Å². The summed E-state index contributed by atoms with van der Waals surface area (Å²) >= 11 is 0. The maximum atomic E-state index is 6.34. The third-order valence-corrected chi connectivity index (χ3v) is 4.87. The van der Waals surface area contributed by atoms with E-state index in [1.807, 2.05) is 0 Å². The topological polar surface area (TPSA) is 32.5 Å². The first-order valence-corrected chi connectivity index (χ1v) is 7.70. The predicted molar refractivity (Wildman–Crippen MR) is 77.6 cm³/mol. The molecule has 3 unspecified atom stereocenters. The van der Waals surface area contributed by atoms with Gasteiger partial charge in [-0.05, 0) is 71.1 Å². The van der Waals surface area contributed by atoms with Crippen molar-refractivity contribution in [3.63, 3.8) is 0 Å². The normalized spacial score (nSPS) is 36.2. The van der Waals surface area contributed by atoms with Crippen LogP contribution in [0.15, 0.2) is 0 Å². The number of likely N-dealkylation sites (tertiary alicyclic amines) is 1. The zero-order chi connectivity index (χ0) is 13.1. The van der Waals surface area contributed by atoms with Crippen molar-refractivity contribution in [3.8, 4) is 0 Å². The predicted octanol–water partition coefficient (Wildman–Crippen LogP) is 1.78. The van der Waals surface area contributed by atoms with Crippen LogP contribution in [-0.4, -0.2) is 55.6 Å². The second-order valence-corrected chi connectivity index (χ2v) is 6.89. The molecule has 1 aliphatic heterocycles. The second-order valence-electron chi connectivity index (χ2n) is 6.89. The Kier molecular flexibility index (Phi) is 5.05. The van der Waals surface area contributed by atoms with Crippen molar-refractivity contribution in [3.05, 3.63) is 0 Å². The van der Waals surface area contributed by atoms with Crippen LogP contribution < -0.4 is 5.73 Å². The van der Waals surface area contributed by atoms with Crippen LogP contribution in [0.1, 0.15) is 39.0 Å². The molecule has 1 saturated heterocycles. The van der Waals surface area contributed by atoms with E-state index in [2.05, 4.69) is 30.8 Å². The van der Waals surface area contributed by atoms with E-state index >= 15 is 0 Å². The fourth-order valence-electron chi connectivity index (χ4n) is 3.78. The summed E-state index contributed by atoms with van der Waals surface area (Å²) in [6.07, 6.45) is 6.59. The van der Waals surface area contributed by atoms with Gasteiger partial charge in [-0.1, -0.05) is 6.92 Å². The molecule has 0 aromatic carbocycles. The van der Waals surface area contributed by atoms with Crippen molar-refractivity contribution in [1.82, 2.24) is 9.80 Å². The molecule has 0 spiro atoms. The average Bonchev–Trinajstić information content (AvgIpc) is 2.33. The molecule has 2 fully saturated rings. The van der Waals surface area contributed by atoms with E-state index in [1.54, 1.807) is 0 Å². The quantitative estimate of drug-likeness (QED) is 0.832. The number of nitrogens with two attached hydrogens (primary N) is 1. The van der Waals surface area contributed by atoms with E-state index in [0.29, 0.717) is 12.1 Å². The molecule has 3 heteroatoms. The minimum Gasteiger partial charge on any atom is -0.326 e. The van der Waals surface area contributed by atoms with Gasteiger partial charge in [-0.3, -0.25) is 4.90 Å². The Bertz CT molecular complexity index is 246. The van der Waals surface area contributed by atoms with E-state index in [-0.39, 0.29) is 0 Å². The zero-order valence-corrected chi connectivity index (χ0v) is 12.4. The highest BCUT2D eigenvalue weighted by atomic mass is 15.2. The van der Waals surface area contributed by atoms with Gasteiger partial charge < -0.3 is 10.6 Å². The Morgan fingerprint density at radius 3 is 2.39 bits per heavy atom. The van der Waals surface area contributed by atoms with Crippen LogP contribution in [0.2, 0.25) is 0 Å². The first-order chi connectivity index (χ1) is 8.56. The van der Waals surface area contributed by atoms with Crippen LogP contribution in [0.3, 0.4) is 0 Å². The second kappa shape index (κ2) is 6.36. The lowest BCUT2D eigenvalue weighted by Crippen LogP contribution is -2.53. The summed E-state index contributed by atoms with van der Waals surface area (Å²) in [5, 5.41) is 0. The molecule has 0 aromatic rings. The van der Waals surface area contributed by atoms with E-state index in [9.17, 15) is 0 Å². The van der Waals surface area contributed by atoms with Gasteiger partial charge in [0.1, 0.15) is 0 Å². The van der Waals surface area contributed by atoms with Crippen molar-refractivity contribution in [2.24, 2.45) is 17.6 Å². The molecular formula is C15H31N3. The molecule has 2 rings (SSSR count). The molecule has 1 heterocycles. The highest BCUT2D eigenvalue weighted by molar-refractivity contribution is 4.90. The summed E-state index contributed by atoms with van der Waals surface area (Å²) in [6.45, 7) is 6.17. The van der Waals surface area contributed by atoms with Crippen LogP contribution >= 0.6 is 0 Å². The fourth-order valence-corrected chi connectivity index (χ4v) is 3.78. The number of hydrogen-bond acceptors (Lipinski definition) is 3. The van der Waals surface area contributed by atoms with Crippen molar-refractivity contribution < 1.29 is 0 Å². The number of hydrogen-bond donors (Lipinski definition) is 1. The minimum atomic E-state index is 0.423. The molecule has 0 amide bonds. The Labute approximate surface area is 113 Å². The highest BCUT2D eigenvalue weighted by Crippen LogP contribution is 2.29. The molecule has 0 aromatic heterocycles. The van der Waals surface area contributed by atoms with Gasteiger partial charge in [-0.15, -0.1) is 0 Å². The molecule has 106 valence electrons. The molecule has 3 atom stereocenters. The third-order valence-electron chi connectivity index (χ3n) is 4.87. The zero-order valence-electron chi connectivity index (χ0n) is 12.4. The molecule has 0 bridgehead atoms. The van der Waals surface area contributed by atoms with E-state index in [0.717, 1.165) is 11.8 Å². The summed E-state index contributed by atoms with van der Waals surface area (Å²) in [5.74, 6) is 1.77. The molecule has 18 heavy (non-hydrogen) atoms. The Morgan fingerprint density at radius 1 is 1.11 bits per heavy atom. The molecule has 2 aliphatic rings. The van der Waals surface area contributed by atoms with Gasteiger partial charge in [0.05, 0.1) is 0 Å². The first-order valence-electron chi connectivity index (χ1n) is 7.70. The lowest BCUT2D eigenvalue weighted by atomic mass is 9.81. The van der Waals surface area contributed by atoms with Crippen LogP contribution in [0.25, 0.3) is 0 Å². The van der Waals surface area contributed by atoms with Crippen LogP contribution in [0.4, 0.5) is 0 Å². The lowest BCUT2D eigenvalue weighted by molar-refractivity contribution is 0.0734. The van der Waals surface area contributed by atoms with Crippen molar-refractivity contribution in [1.29, 1.82) is 0 Å². The monoisotopic (exact) mass is 253 g/mol. The van der Waals surface area contributed by atoms with Gasteiger partial charge in [0.2, 0.25) is 0 Å². The maximum Gasteiger partial charge on any atom is 0.0249 e. The fraction of sp³-hybridized carbons (Fsp3) is 1.00. The molecule has 0 radical (unpaired) electrons. The third kappa shape index (κ3) is 3.69. The maximum absolute atomic E-state index is 6.34. The van der Waals surface area contributed by atoms with Crippen molar-refractivity contribution in [2.45, 2.75) is 51.1 Å². The van der Waals surface area contributed by atoms with Crippen molar-refractivity contribution in [2.75, 3.05) is 33.7 Å². The van der Waals surface area contributed by atoms with Gasteiger partial charge in [-0.2, -0.15) is 0 Å². The molecule has 2 N–H and O–H groups in total. The number of rotatable bonds is 3. The summed E-state index contributed by atoms with van der Waals surface area (Å²) in [5.41, 5.74) is 6.34. The van der Waals surface area contributed by atoms with E-state index < -0.39 is 0 Å². The van der Waals surface area contributed by atoms with Gasteiger partial charge in [0.15, 0.2) is 0 Å². The summed E-state index contributed by atoms with van der Waals surface area (Å²) in [7, 11) is 4.37. The van der Waals surface area contributed by atoms with Gasteiger partial charge in [0.25, 0.3) is 0 Å². The van der Waals surface area contributed by atoms with Crippen molar-refractivity contribution >= 4 is 0 Å². The average molecular weight is 253 g/mol. The number of nitrogens with zero attached hydrogens (tertiary/aromatic N) is 2. The molecule has 1 aliphatic carbocycles. The van der Waals surface area contributed by atoms with Gasteiger partial charge in [0, 0.05) is 18.6 Å². The Morgan fingerprint density at radius 2 is 1.78 bits per heavy atom. The smallest absolute Gasteiger partial charge is 0.0249 e. The molecule has 1 saturated carbocycles. The van der Waals surface area contributed by atoms with Crippen LogP contribution in [-0.2, 0) is 0 Å². The van der Waals surface area contributed by atoms with Gasteiger partial charge >= 0.3 is 0 Å². The molecule has 3 nitrogen and oxygen atoms in total. The van der Waals surface area contributed by atoms with Gasteiger partial charge in [-0.25, -0.2) is 0 Å². The van der Waals surface area contributed by atoms with E-state index in [4.69, 9.17) is 5.73 Å². The minimum absolute atomic E-state index is 0.423. The highest BCUT2D eigenvalue weighted by Gasteiger charge is 2.32. The van der Waals surface area contributed by atoms with Crippen LogP contribution in [0.5, 0.6) is 0 Å². The summed E-state index contributed by atoms with van der Waals surface area (Å²) in [6, 6.07) is 1.08. The number of piperidine rings is 1. The Balaban J connectivity index is 1.81. The molecular weight excluding hydrogens is 222 g/mol.